The maximum absolute atomic E-state index is 13.4. The fraction of sp³-hybridized carbons (Fsp3) is 0.600. The standard InChI is InChI=1S/C15H22FN/c1-11-4-3-5-13(8-11)10-17-14-7-6-12(2)15(16)9-14/h6-7,9,11,13,17H,3-5,8,10H2,1-2H3. The van der Waals surface area contributed by atoms with Crippen LogP contribution in [0.2, 0.25) is 0 Å². The summed E-state index contributed by atoms with van der Waals surface area (Å²) in [5, 5.41) is 3.36. The van der Waals surface area contributed by atoms with Gasteiger partial charge in [0.15, 0.2) is 0 Å². The van der Waals surface area contributed by atoms with E-state index in [-0.39, 0.29) is 5.82 Å². The Morgan fingerprint density at radius 1 is 1.35 bits per heavy atom. The number of halogens is 1. The van der Waals surface area contributed by atoms with Crippen molar-refractivity contribution in [2.24, 2.45) is 11.8 Å². The van der Waals surface area contributed by atoms with Crippen LogP contribution in [0.15, 0.2) is 18.2 Å². The Labute approximate surface area is 103 Å². The number of aryl methyl sites for hydroxylation is 1. The molecule has 94 valence electrons. The molecule has 1 N–H and O–H groups in total. The van der Waals surface area contributed by atoms with Crippen LogP contribution in [0.5, 0.6) is 0 Å². The molecule has 0 aromatic heterocycles. The Hall–Kier alpha value is -1.05. The van der Waals surface area contributed by atoms with Crippen LogP contribution in [0, 0.1) is 24.6 Å². The highest BCUT2D eigenvalue weighted by Crippen LogP contribution is 2.28. The summed E-state index contributed by atoms with van der Waals surface area (Å²) in [4.78, 5) is 0. The molecule has 0 bridgehead atoms. The van der Waals surface area contributed by atoms with E-state index in [9.17, 15) is 4.39 Å². The van der Waals surface area contributed by atoms with Crippen molar-refractivity contribution >= 4 is 5.69 Å². The fourth-order valence-electron chi connectivity index (χ4n) is 2.71. The van der Waals surface area contributed by atoms with E-state index >= 15 is 0 Å². The highest BCUT2D eigenvalue weighted by molar-refractivity contribution is 5.45. The van der Waals surface area contributed by atoms with Crippen LogP contribution >= 0.6 is 0 Å². The van der Waals surface area contributed by atoms with Gasteiger partial charge in [-0.25, -0.2) is 4.39 Å². The quantitative estimate of drug-likeness (QED) is 0.820. The maximum atomic E-state index is 13.4. The molecule has 1 saturated carbocycles. The largest absolute Gasteiger partial charge is 0.385 e. The molecule has 0 aliphatic heterocycles. The second-order valence-corrected chi connectivity index (χ2v) is 5.48. The summed E-state index contributed by atoms with van der Waals surface area (Å²) in [6.07, 6.45) is 5.33. The molecule has 1 aliphatic carbocycles. The Morgan fingerprint density at radius 3 is 2.88 bits per heavy atom. The van der Waals surface area contributed by atoms with Crippen LogP contribution in [0.3, 0.4) is 0 Å². The van der Waals surface area contributed by atoms with Gasteiger partial charge in [-0.2, -0.15) is 0 Å². The third-order valence-corrected chi connectivity index (χ3v) is 3.81. The van der Waals surface area contributed by atoms with Crippen LogP contribution in [-0.4, -0.2) is 6.54 Å². The van der Waals surface area contributed by atoms with Gasteiger partial charge in [0.2, 0.25) is 0 Å². The van der Waals surface area contributed by atoms with Crippen molar-refractivity contribution in [3.05, 3.63) is 29.6 Å². The van der Waals surface area contributed by atoms with Gasteiger partial charge in [0.1, 0.15) is 5.82 Å². The number of nitrogens with one attached hydrogen (secondary N) is 1. The topological polar surface area (TPSA) is 12.0 Å². The SMILES string of the molecule is Cc1ccc(NCC2CCCC(C)C2)cc1F. The van der Waals surface area contributed by atoms with E-state index in [4.69, 9.17) is 0 Å². The lowest BCUT2D eigenvalue weighted by Gasteiger charge is -2.27. The van der Waals surface area contributed by atoms with Crippen LogP contribution in [-0.2, 0) is 0 Å². The lowest BCUT2D eigenvalue weighted by molar-refractivity contribution is 0.293. The Kier molecular flexibility index (Phi) is 4.03. The van der Waals surface area contributed by atoms with Gasteiger partial charge in [0.05, 0.1) is 0 Å². The summed E-state index contributed by atoms with van der Waals surface area (Å²) in [6.45, 7) is 5.10. The third kappa shape index (κ3) is 3.45. The van der Waals surface area contributed by atoms with E-state index in [0.717, 1.165) is 24.1 Å². The van der Waals surface area contributed by atoms with Gasteiger partial charge >= 0.3 is 0 Å². The molecule has 0 amide bonds. The summed E-state index contributed by atoms with van der Waals surface area (Å²) in [6, 6.07) is 5.40. The summed E-state index contributed by atoms with van der Waals surface area (Å²) in [5.41, 5.74) is 1.62. The Bertz CT molecular complexity index is 375. The number of hydrogen-bond donors (Lipinski definition) is 1. The van der Waals surface area contributed by atoms with E-state index in [1.54, 1.807) is 13.0 Å². The van der Waals surface area contributed by atoms with Crippen molar-refractivity contribution in [1.82, 2.24) is 0 Å². The van der Waals surface area contributed by atoms with Gasteiger partial charge < -0.3 is 5.32 Å². The minimum absolute atomic E-state index is 0.119. The summed E-state index contributed by atoms with van der Waals surface area (Å²) < 4.78 is 13.4. The molecule has 1 aromatic rings. The average molecular weight is 235 g/mol. The van der Waals surface area contributed by atoms with Crippen molar-refractivity contribution in [1.29, 1.82) is 0 Å². The monoisotopic (exact) mass is 235 g/mol. The Balaban J connectivity index is 1.86. The Morgan fingerprint density at radius 2 is 2.18 bits per heavy atom. The molecule has 2 atom stereocenters. The zero-order valence-corrected chi connectivity index (χ0v) is 10.8. The molecule has 0 radical (unpaired) electrons. The first kappa shape index (κ1) is 12.4. The maximum Gasteiger partial charge on any atom is 0.128 e. The summed E-state index contributed by atoms with van der Waals surface area (Å²) in [7, 11) is 0. The molecule has 17 heavy (non-hydrogen) atoms. The molecule has 1 aliphatic rings. The van der Waals surface area contributed by atoms with Gasteiger partial charge in [-0.15, -0.1) is 0 Å². The molecule has 2 rings (SSSR count). The van der Waals surface area contributed by atoms with Gasteiger partial charge in [-0.05, 0) is 49.3 Å². The first-order chi connectivity index (χ1) is 8.15. The van der Waals surface area contributed by atoms with Gasteiger partial charge in [0, 0.05) is 12.2 Å². The highest BCUT2D eigenvalue weighted by atomic mass is 19.1. The predicted molar refractivity (Wildman–Crippen MR) is 70.7 cm³/mol. The number of benzene rings is 1. The van der Waals surface area contributed by atoms with Gasteiger partial charge in [0.25, 0.3) is 0 Å². The highest BCUT2D eigenvalue weighted by Gasteiger charge is 2.18. The van der Waals surface area contributed by atoms with Crippen LogP contribution in [0.4, 0.5) is 10.1 Å². The first-order valence-corrected chi connectivity index (χ1v) is 6.65. The van der Waals surface area contributed by atoms with Crippen LogP contribution in [0.1, 0.15) is 38.2 Å². The third-order valence-electron chi connectivity index (χ3n) is 3.81. The second kappa shape index (κ2) is 5.52. The van der Waals surface area contributed by atoms with E-state index < -0.39 is 0 Å². The zero-order valence-electron chi connectivity index (χ0n) is 10.8. The predicted octanol–water partition coefficient (Wildman–Crippen LogP) is 4.37. The molecule has 1 nitrogen and oxygen atoms in total. The molecule has 2 unspecified atom stereocenters. The number of anilines is 1. The van der Waals surface area contributed by atoms with Crippen molar-refractivity contribution in [2.45, 2.75) is 39.5 Å². The molecule has 1 fully saturated rings. The first-order valence-electron chi connectivity index (χ1n) is 6.65. The van der Waals surface area contributed by atoms with Crippen molar-refractivity contribution in [2.75, 3.05) is 11.9 Å². The van der Waals surface area contributed by atoms with Gasteiger partial charge in [-0.1, -0.05) is 25.8 Å². The zero-order chi connectivity index (χ0) is 12.3. The molecular weight excluding hydrogens is 213 g/mol. The van der Waals surface area contributed by atoms with E-state index in [1.165, 1.54) is 25.7 Å². The molecule has 2 heteroatoms. The molecule has 1 aromatic carbocycles. The average Bonchev–Trinajstić information content (AvgIpc) is 2.31. The minimum Gasteiger partial charge on any atom is -0.385 e. The smallest absolute Gasteiger partial charge is 0.128 e. The van der Waals surface area contributed by atoms with Crippen molar-refractivity contribution < 1.29 is 4.39 Å². The van der Waals surface area contributed by atoms with E-state index in [1.807, 2.05) is 12.1 Å². The molecular formula is C15H22FN. The van der Waals surface area contributed by atoms with Crippen LogP contribution < -0.4 is 5.32 Å². The lowest BCUT2D eigenvalue weighted by atomic mass is 9.82. The summed E-state index contributed by atoms with van der Waals surface area (Å²) in [5.74, 6) is 1.49. The van der Waals surface area contributed by atoms with Gasteiger partial charge in [-0.3, -0.25) is 0 Å². The minimum atomic E-state index is -0.119. The molecule has 0 saturated heterocycles. The summed E-state index contributed by atoms with van der Waals surface area (Å²) >= 11 is 0. The van der Waals surface area contributed by atoms with Crippen molar-refractivity contribution in [3.8, 4) is 0 Å². The fourth-order valence-corrected chi connectivity index (χ4v) is 2.71. The number of hydrogen-bond acceptors (Lipinski definition) is 1. The van der Waals surface area contributed by atoms with Crippen molar-refractivity contribution in [3.63, 3.8) is 0 Å². The van der Waals surface area contributed by atoms with E-state index in [0.29, 0.717) is 5.56 Å². The van der Waals surface area contributed by atoms with Crippen LogP contribution in [0.25, 0.3) is 0 Å². The number of rotatable bonds is 3. The van der Waals surface area contributed by atoms with E-state index in [2.05, 4.69) is 12.2 Å². The molecule has 0 spiro atoms. The molecule has 0 heterocycles. The normalized spacial score (nSPS) is 24.6. The second-order valence-electron chi connectivity index (χ2n) is 5.48. The lowest BCUT2D eigenvalue weighted by Crippen LogP contribution is -2.21.